The molecule has 3 aliphatic rings. The SMILES string of the molecule is CCCC1CCC(c2cc3c(c(F)c2F)Oc2c(ccc(C4CCC(CCC)OC4)c2F)C3)CC1. The number of ether oxygens (including phenoxy) is 2. The van der Waals surface area contributed by atoms with Crippen LogP contribution in [-0.4, -0.2) is 12.7 Å². The second-order valence-corrected chi connectivity index (χ2v) is 10.8. The molecule has 2 fully saturated rings. The van der Waals surface area contributed by atoms with Crippen molar-refractivity contribution in [1.82, 2.24) is 0 Å². The minimum Gasteiger partial charge on any atom is -0.450 e. The molecule has 0 bridgehead atoms. The normalized spacial score (nSPS) is 26.1. The maximum atomic E-state index is 15.6. The summed E-state index contributed by atoms with van der Waals surface area (Å²) < 4.78 is 57.8. The van der Waals surface area contributed by atoms with Crippen LogP contribution < -0.4 is 4.74 Å². The molecular weight excluding hydrogens is 449 g/mol. The number of benzene rings is 2. The summed E-state index contributed by atoms with van der Waals surface area (Å²) in [4.78, 5) is 0. The van der Waals surface area contributed by atoms with Crippen LogP contribution in [0.1, 0.15) is 112 Å². The molecule has 0 spiro atoms. The van der Waals surface area contributed by atoms with E-state index < -0.39 is 17.5 Å². The van der Waals surface area contributed by atoms with Crippen molar-refractivity contribution in [2.45, 2.75) is 102 Å². The van der Waals surface area contributed by atoms with Gasteiger partial charge in [0.25, 0.3) is 0 Å². The van der Waals surface area contributed by atoms with E-state index >= 15 is 13.2 Å². The second-order valence-electron chi connectivity index (χ2n) is 10.8. The Kier molecular flexibility index (Phi) is 7.43. The minimum absolute atomic E-state index is 0.0336. The predicted molar refractivity (Wildman–Crippen MR) is 132 cm³/mol. The van der Waals surface area contributed by atoms with Crippen molar-refractivity contribution in [3.63, 3.8) is 0 Å². The molecule has 0 aromatic heterocycles. The number of halogens is 3. The van der Waals surface area contributed by atoms with E-state index in [1.165, 1.54) is 12.8 Å². The molecule has 35 heavy (non-hydrogen) atoms. The van der Waals surface area contributed by atoms with Crippen LogP contribution in [-0.2, 0) is 11.2 Å². The van der Waals surface area contributed by atoms with Crippen LogP contribution in [0.5, 0.6) is 11.5 Å². The summed E-state index contributed by atoms with van der Waals surface area (Å²) in [6, 6.07) is 5.48. The van der Waals surface area contributed by atoms with E-state index in [0.29, 0.717) is 41.2 Å². The zero-order valence-electron chi connectivity index (χ0n) is 21.0. The van der Waals surface area contributed by atoms with Gasteiger partial charge in [0.2, 0.25) is 5.82 Å². The van der Waals surface area contributed by atoms with Crippen LogP contribution in [0.2, 0.25) is 0 Å². The molecule has 0 N–H and O–H groups in total. The summed E-state index contributed by atoms with van der Waals surface area (Å²) >= 11 is 0. The first kappa shape index (κ1) is 24.7. The van der Waals surface area contributed by atoms with Gasteiger partial charge in [0.15, 0.2) is 23.1 Å². The number of fused-ring (bicyclic) bond motifs is 2. The molecule has 0 radical (unpaired) electrons. The summed E-state index contributed by atoms with van der Waals surface area (Å²) in [5, 5.41) is 0. The molecule has 2 aromatic rings. The fourth-order valence-electron chi connectivity index (χ4n) is 6.48. The fraction of sp³-hybridized carbons (Fsp3) is 0.600. The summed E-state index contributed by atoms with van der Waals surface area (Å²) in [7, 11) is 0. The van der Waals surface area contributed by atoms with E-state index in [9.17, 15) is 0 Å². The maximum absolute atomic E-state index is 15.6. The van der Waals surface area contributed by atoms with Crippen LogP contribution in [0, 0.1) is 23.4 Å². The van der Waals surface area contributed by atoms with Crippen LogP contribution in [0.15, 0.2) is 18.2 Å². The molecule has 2 heterocycles. The Morgan fingerprint density at radius 2 is 1.46 bits per heavy atom. The van der Waals surface area contributed by atoms with Gasteiger partial charge in [0.1, 0.15) is 0 Å². The third-order valence-corrected chi connectivity index (χ3v) is 8.46. The highest BCUT2D eigenvalue weighted by Gasteiger charge is 2.33. The Hall–Kier alpha value is -2.01. The van der Waals surface area contributed by atoms with Gasteiger partial charge in [0, 0.05) is 23.5 Å². The van der Waals surface area contributed by atoms with Crippen LogP contribution in [0.3, 0.4) is 0 Å². The second kappa shape index (κ2) is 10.5. The molecule has 190 valence electrons. The molecule has 1 saturated heterocycles. The van der Waals surface area contributed by atoms with Crippen molar-refractivity contribution in [3.05, 3.63) is 57.9 Å². The maximum Gasteiger partial charge on any atom is 0.201 e. The molecule has 5 heteroatoms. The Morgan fingerprint density at radius 3 is 2.14 bits per heavy atom. The first-order valence-corrected chi connectivity index (χ1v) is 13.6. The highest BCUT2D eigenvalue weighted by Crippen LogP contribution is 2.46. The summed E-state index contributed by atoms with van der Waals surface area (Å²) in [5.74, 6) is -1.71. The number of rotatable bonds is 6. The standard InChI is InChI=1S/C30H37F3O2/c1-3-5-18-7-9-19(10-8-18)25-16-22-15-20-12-14-24(21-11-13-23(6-4-2)34-17-21)27(32)29(20)35-30(22)28(33)26(25)31/h12,14,16,18-19,21,23H,3-11,13,15,17H2,1-2H3. The van der Waals surface area contributed by atoms with E-state index in [0.717, 1.165) is 51.4 Å². The van der Waals surface area contributed by atoms with Crippen molar-refractivity contribution in [1.29, 1.82) is 0 Å². The number of hydrogen-bond donors (Lipinski definition) is 0. The van der Waals surface area contributed by atoms with E-state index in [2.05, 4.69) is 13.8 Å². The van der Waals surface area contributed by atoms with Gasteiger partial charge in [-0.05, 0) is 74.0 Å². The van der Waals surface area contributed by atoms with Gasteiger partial charge >= 0.3 is 0 Å². The third kappa shape index (κ3) is 4.85. The van der Waals surface area contributed by atoms with E-state index in [1.807, 2.05) is 12.1 Å². The first-order chi connectivity index (χ1) is 17.0. The van der Waals surface area contributed by atoms with Crippen molar-refractivity contribution in [3.8, 4) is 11.5 Å². The lowest BCUT2D eigenvalue weighted by Crippen LogP contribution is -2.25. The molecule has 2 unspecified atom stereocenters. The Morgan fingerprint density at radius 1 is 0.743 bits per heavy atom. The van der Waals surface area contributed by atoms with Crippen molar-refractivity contribution < 1.29 is 22.6 Å². The Balaban J connectivity index is 1.36. The largest absolute Gasteiger partial charge is 0.450 e. The van der Waals surface area contributed by atoms with Gasteiger partial charge < -0.3 is 9.47 Å². The molecule has 2 aliphatic heterocycles. The van der Waals surface area contributed by atoms with Gasteiger partial charge in [-0.15, -0.1) is 0 Å². The van der Waals surface area contributed by atoms with Crippen LogP contribution >= 0.6 is 0 Å². The molecule has 2 aromatic carbocycles. The molecule has 0 amide bonds. The van der Waals surface area contributed by atoms with Crippen molar-refractivity contribution in [2.75, 3.05) is 6.61 Å². The lowest BCUT2D eigenvalue weighted by molar-refractivity contribution is -0.00178. The average Bonchev–Trinajstić information content (AvgIpc) is 2.87. The van der Waals surface area contributed by atoms with Gasteiger partial charge in [-0.25, -0.2) is 8.78 Å². The van der Waals surface area contributed by atoms with Gasteiger partial charge in [-0.1, -0.05) is 45.2 Å². The zero-order valence-corrected chi connectivity index (χ0v) is 21.0. The first-order valence-electron chi connectivity index (χ1n) is 13.6. The van der Waals surface area contributed by atoms with Gasteiger partial charge in [-0.2, -0.15) is 4.39 Å². The molecule has 1 saturated carbocycles. The van der Waals surface area contributed by atoms with E-state index in [1.54, 1.807) is 6.07 Å². The highest BCUT2D eigenvalue weighted by molar-refractivity contribution is 5.54. The number of hydrogen-bond acceptors (Lipinski definition) is 2. The molecule has 2 atom stereocenters. The monoisotopic (exact) mass is 486 g/mol. The van der Waals surface area contributed by atoms with Crippen molar-refractivity contribution >= 4 is 0 Å². The topological polar surface area (TPSA) is 18.5 Å². The molecule has 2 nitrogen and oxygen atoms in total. The van der Waals surface area contributed by atoms with E-state index in [-0.39, 0.29) is 29.4 Å². The third-order valence-electron chi connectivity index (χ3n) is 8.46. The lowest BCUT2D eigenvalue weighted by atomic mass is 9.76. The van der Waals surface area contributed by atoms with Crippen molar-refractivity contribution in [2.24, 2.45) is 5.92 Å². The highest BCUT2D eigenvalue weighted by atomic mass is 19.2. The van der Waals surface area contributed by atoms with Crippen LogP contribution in [0.4, 0.5) is 13.2 Å². The molecule has 5 rings (SSSR count). The van der Waals surface area contributed by atoms with E-state index in [4.69, 9.17) is 9.47 Å². The lowest BCUT2D eigenvalue weighted by Gasteiger charge is -2.31. The van der Waals surface area contributed by atoms with Crippen LogP contribution in [0.25, 0.3) is 0 Å². The van der Waals surface area contributed by atoms with Gasteiger partial charge in [0.05, 0.1) is 12.7 Å². The molecular formula is C30H37F3O2. The fourth-order valence-corrected chi connectivity index (χ4v) is 6.48. The average molecular weight is 487 g/mol. The summed E-state index contributed by atoms with van der Waals surface area (Å²) in [6.45, 7) is 4.81. The Labute approximate surface area is 207 Å². The Bertz CT molecular complexity index is 1050. The molecule has 1 aliphatic carbocycles. The summed E-state index contributed by atoms with van der Waals surface area (Å²) in [5.41, 5.74) is 2.30. The smallest absolute Gasteiger partial charge is 0.201 e. The van der Waals surface area contributed by atoms with Gasteiger partial charge in [-0.3, -0.25) is 0 Å². The predicted octanol–water partition coefficient (Wildman–Crippen LogP) is 8.94. The quantitative estimate of drug-likeness (QED) is 0.346. The minimum atomic E-state index is -0.980. The summed E-state index contributed by atoms with van der Waals surface area (Å²) in [6.07, 6.45) is 10.7. The zero-order chi connectivity index (χ0) is 24.5.